The lowest BCUT2D eigenvalue weighted by Crippen LogP contribution is -2.25. The maximum absolute atomic E-state index is 12.3. The standard InChI is InChI=1S/C21H20N2O3S/c24-19(22-13-16-7-4-8-18-21(16)26-10-9-25-18)12-17-14-27-20(23-17)11-15-5-2-1-3-6-15/h1-8,14H,9-13H2,(H,22,24). The van der Waals surface area contributed by atoms with Crippen LogP contribution in [0.25, 0.3) is 0 Å². The van der Waals surface area contributed by atoms with Crippen LogP contribution in [0.2, 0.25) is 0 Å². The zero-order chi connectivity index (χ0) is 18.5. The zero-order valence-corrected chi connectivity index (χ0v) is 15.6. The van der Waals surface area contributed by atoms with Crippen molar-refractivity contribution < 1.29 is 14.3 Å². The molecule has 0 unspecified atom stereocenters. The molecule has 0 saturated carbocycles. The molecule has 6 heteroatoms. The number of amides is 1. The first-order chi connectivity index (χ1) is 13.3. The Labute approximate surface area is 162 Å². The SMILES string of the molecule is O=C(Cc1csc(Cc2ccccc2)n1)NCc1cccc2c1OCCO2. The van der Waals surface area contributed by atoms with Gasteiger partial charge in [0.15, 0.2) is 11.5 Å². The molecule has 0 bridgehead atoms. The number of carbonyl (C=O) groups excluding carboxylic acids is 1. The molecule has 2 aromatic carbocycles. The number of hydrogen-bond acceptors (Lipinski definition) is 5. The number of thiazole rings is 1. The highest BCUT2D eigenvalue weighted by atomic mass is 32.1. The lowest BCUT2D eigenvalue weighted by molar-refractivity contribution is -0.120. The van der Waals surface area contributed by atoms with Crippen LogP contribution in [0.4, 0.5) is 0 Å². The highest BCUT2D eigenvalue weighted by molar-refractivity contribution is 7.09. The lowest BCUT2D eigenvalue weighted by atomic mass is 10.1. The van der Waals surface area contributed by atoms with Crippen LogP contribution in [0.5, 0.6) is 11.5 Å². The summed E-state index contributed by atoms with van der Waals surface area (Å²) in [6.45, 7) is 1.49. The van der Waals surface area contributed by atoms with Crippen molar-refractivity contribution in [3.63, 3.8) is 0 Å². The van der Waals surface area contributed by atoms with Gasteiger partial charge in [-0.25, -0.2) is 4.98 Å². The van der Waals surface area contributed by atoms with Crippen molar-refractivity contribution in [1.82, 2.24) is 10.3 Å². The molecule has 0 atom stereocenters. The van der Waals surface area contributed by atoms with Crippen LogP contribution in [0, 0.1) is 0 Å². The van der Waals surface area contributed by atoms with E-state index in [-0.39, 0.29) is 12.3 Å². The number of nitrogens with one attached hydrogen (secondary N) is 1. The third-order valence-electron chi connectivity index (χ3n) is 4.26. The summed E-state index contributed by atoms with van der Waals surface area (Å²) in [6, 6.07) is 15.9. The summed E-state index contributed by atoms with van der Waals surface area (Å²) >= 11 is 1.59. The van der Waals surface area contributed by atoms with Gasteiger partial charge in [-0.2, -0.15) is 0 Å². The smallest absolute Gasteiger partial charge is 0.226 e. The van der Waals surface area contributed by atoms with Crippen molar-refractivity contribution in [2.24, 2.45) is 0 Å². The molecule has 0 fully saturated rings. The number of fused-ring (bicyclic) bond motifs is 1. The summed E-state index contributed by atoms with van der Waals surface area (Å²) in [5.41, 5.74) is 2.95. The number of aromatic nitrogens is 1. The number of carbonyl (C=O) groups is 1. The summed E-state index contributed by atoms with van der Waals surface area (Å²) in [7, 11) is 0. The molecule has 0 spiro atoms. The van der Waals surface area contributed by atoms with Crippen LogP contribution >= 0.6 is 11.3 Å². The average molecular weight is 380 g/mol. The van der Waals surface area contributed by atoms with Gasteiger partial charge in [-0.3, -0.25) is 4.79 Å². The summed E-state index contributed by atoms with van der Waals surface area (Å²) in [4.78, 5) is 16.9. The van der Waals surface area contributed by atoms with Gasteiger partial charge >= 0.3 is 0 Å². The summed E-state index contributed by atoms with van der Waals surface area (Å²) < 4.78 is 11.2. The van der Waals surface area contributed by atoms with E-state index in [1.54, 1.807) is 11.3 Å². The molecule has 4 rings (SSSR count). The Morgan fingerprint density at radius 1 is 1.07 bits per heavy atom. The van der Waals surface area contributed by atoms with Gasteiger partial charge in [0.1, 0.15) is 13.2 Å². The molecule has 2 heterocycles. The second-order valence-electron chi connectivity index (χ2n) is 6.29. The number of ether oxygens (including phenoxy) is 2. The second kappa shape index (κ2) is 8.22. The van der Waals surface area contributed by atoms with Gasteiger partial charge in [-0.1, -0.05) is 42.5 Å². The van der Waals surface area contributed by atoms with Gasteiger partial charge in [0, 0.05) is 23.9 Å². The first-order valence-electron chi connectivity index (χ1n) is 8.89. The fraction of sp³-hybridized carbons (Fsp3) is 0.238. The van der Waals surface area contributed by atoms with Crippen molar-refractivity contribution in [1.29, 1.82) is 0 Å². The molecule has 138 valence electrons. The molecule has 0 aliphatic carbocycles. The summed E-state index contributed by atoms with van der Waals surface area (Å²) in [5.74, 6) is 1.40. The molecule has 1 amide bonds. The van der Waals surface area contributed by atoms with Gasteiger partial charge in [0.05, 0.1) is 17.1 Å². The Bertz CT molecular complexity index is 924. The van der Waals surface area contributed by atoms with E-state index in [9.17, 15) is 4.79 Å². The number of benzene rings is 2. The maximum atomic E-state index is 12.3. The van der Waals surface area contributed by atoms with Crippen LogP contribution < -0.4 is 14.8 Å². The highest BCUT2D eigenvalue weighted by Gasteiger charge is 2.16. The Morgan fingerprint density at radius 3 is 2.81 bits per heavy atom. The van der Waals surface area contributed by atoms with E-state index in [2.05, 4.69) is 22.4 Å². The van der Waals surface area contributed by atoms with E-state index in [0.717, 1.165) is 34.2 Å². The molecular weight excluding hydrogens is 360 g/mol. The molecule has 1 aliphatic heterocycles. The number of rotatable bonds is 6. The monoisotopic (exact) mass is 380 g/mol. The quantitative estimate of drug-likeness (QED) is 0.712. The third-order valence-corrected chi connectivity index (χ3v) is 5.16. The molecule has 0 saturated heterocycles. The van der Waals surface area contributed by atoms with Crippen molar-refractivity contribution in [2.45, 2.75) is 19.4 Å². The zero-order valence-electron chi connectivity index (χ0n) is 14.8. The van der Waals surface area contributed by atoms with Crippen LogP contribution in [0.1, 0.15) is 21.8 Å². The molecule has 1 N–H and O–H groups in total. The summed E-state index contributed by atoms with van der Waals surface area (Å²) in [5, 5.41) is 5.92. The van der Waals surface area contributed by atoms with Crippen molar-refractivity contribution >= 4 is 17.2 Å². The van der Waals surface area contributed by atoms with Crippen LogP contribution in [-0.2, 0) is 24.2 Å². The van der Waals surface area contributed by atoms with E-state index in [1.807, 2.05) is 41.8 Å². The maximum Gasteiger partial charge on any atom is 0.226 e. The first-order valence-corrected chi connectivity index (χ1v) is 9.77. The second-order valence-corrected chi connectivity index (χ2v) is 7.23. The van der Waals surface area contributed by atoms with Crippen molar-refractivity contribution in [3.8, 4) is 11.5 Å². The minimum atomic E-state index is -0.0547. The average Bonchev–Trinajstić information content (AvgIpc) is 3.13. The highest BCUT2D eigenvalue weighted by Crippen LogP contribution is 2.33. The van der Waals surface area contributed by atoms with E-state index in [4.69, 9.17) is 9.47 Å². The van der Waals surface area contributed by atoms with Crippen molar-refractivity contribution in [3.05, 3.63) is 75.7 Å². The number of para-hydroxylation sites is 1. The van der Waals surface area contributed by atoms with Gasteiger partial charge < -0.3 is 14.8 Å². The van der Waals surface area contributed by atoms with Gasteiger partial charge in [0.25, 0.3) is 0 Å². The third kappa shape index (κ3) is 4.46. The molecule has 0 radical (unpaired) electrons. The largest absolute Gasteiger partial charge is 0.486 e. The van der Waals surface area contributed by atoms with Crippen molar-refractivity contribution in [2.75, 3.05) is 13.2 Å². The van der Waals surface area contributed by atoms with E-state index in [0.29, 0.717) is 19.8 Å². The molecule has 1 aliphatic rings. The predicted molar refractivity (Wildman–Crippen MR) is 104 cm³/mol. The minimum Gasteiger partial charge on any atom is -0.486 e. The Kier molecular flexibility index (Phi) is 5.34. The fourth-order valence-corrected chi connectivity index (χ4v) is 3.80. The predicted octanol–water partition coefficient (Wildman–Crippen LogP) is 3.36. The van der Waals surface area contributed by atoms with E-state index in [1.165, 1.54) is 5.56 Å². The first kappa shape index (κ1) is 17.5. The van der Waals surface area contributed by atoms with Crippen LogP contribution in [0.15, 0.2) is 53.9 Å². The fourth-order valence-electron chi connectivity index (χ4n) is 2.98. The van der Waals surface area contributed by atoms with Crippen LogP contribution in [-0.4, -0.2) is 24.1 Å². The Morgan fingerprint density at radius 2 is 1.93 bits per heavy atom. The number of hydrogen-bond donors (Lipinski definition) is 1. The molecule has 27 heavy (non-hydrogen) atoms. The molecule has 3 aromatic rings. The lowest BCUT2D eigenvalue weighted by Gasteiger charge is -2.21. The van der Waals surface area contributed by atoms with Crippen LogP contribution in [0.3, 0.4) is 0 Å². The Balaban J connectivity index is 1.33. The van der Waals surface area contributed by atoms with Gasteiger partial charge in [-0.15, -0.1) is 11.3 Å². The Hall–Kier alpha value is -2.86. The minimum absolute atomic E-state index is 0.0547. The molecular formula is C21H20N2O3S. The summed E-state index contributed by atoms with van der Waals surface area (Å²) in [6.07, 6.45) is 1.07. The molecule has 1 aromatic heterocycles. The topological polar surface area (TPSA) is 60.5 Å². The normalized spacial score (nSPS) is 12.6. The molecule has 5 nitrogen and oxygen atoms in total. The van der Waals surface area contributed by atoms with E-state index < -0.39 is 0 Å². The van der Waals surface area contributed by atoms with E-state index >= 15 is 0 Å². The van der Waals surface area contributed by atoms with Gasteiger partial charge in [0.2, 0.25) is 5.91 Å². The number of nitrogens with zero attached hydrogens (tertiary/aromatic N) is 1. The van der Waals surface area contributed by atoms with Gasteiger partial charge in [-0.05, 0) is 11.6 Å².